The van der Waals surface area contributed by atoms with Crippen molar-refractivity contribution in [2.75, 3.05) is 0 Å². The van der Waals surface area contributed by atoms with Crippen molar-refractivity contribution < 1.29 is 0 Å². The minimum atomic E-state index is -0.478. The van der Waals surface area contributed by atoms with Crippen LogP contribution >= 0.6 is 0 Å². The summed E-state index contributed by atoms with van der Waals surface area (Å²) in [5.41, 5.74) is 15.7. The first kappa shape index (κ1) is 35.7. The first-order valence-electron chi connectivity index (χ1n) is 21.1. The fraction of sp³-hybridized carbons (Fsp3) is 0.0172. The van der Waals surface area contributed by atoms with Crippen molar-refractivity contribution in [3.05, 3.63) is 253 Å². The Morgan fingerprint density at radius 1 is 0.323 bits per heavy atom. The summed E-state index contributed by atoms with van der Waals surface area (Å²) >= 11 is 0. The number of hydrogen-bond donors (Lipinski definition) is 0. The van der Waals surface area contributed by atoms with Gasteiger partial charge in [-0.1, -0.05) is 188 Å². The highest BCUT2D eigenvalue weighted by Crippen LogP contribution is 2.58. The number of aromatic nitrogens is 4. The minimum absolute atomic E-state index is 0.478. The van der Waals surface area contributed by atoms with E-state index < -0.39 is 5.41 Å². The third-order valence-electron chi connectivity index (χ3n) is 12.5. The average Bonchev–Trinajstić information content (AvgIpc) is 3.85. The average molecular weight is 791 g/mol. The summed E-state index contributed by atoms with van der Waals surface area (Å²) in [6.45, 7) is 0. The van der Waals surface area contributed by atoms with E-state index in [1.54, 1.807) is 0 Å². The van der Waals surface area contributed by atoms with E-state index in [4.69, 9.17) is 15.0 Å². The summed E-state index contributed by atoms with van der Waals surface area (Å²) in [5, 5.41) is 2.28. The Balaban J connectivity index is 1.10. The third kappa shape index (κ3) is 5.58. The van der Waals surface area contributed by atoms with Crippen LogP contribution in [0.4, 0.5) is 0 Å². The molecule has 0 saturated heterocycles. The maximum Gasteiger partial charge on any atom is 0.164 e. The predicted octanol–water partition coefficient (Wildman–Crippen LogP) is 14.0. The lowest BCUT2D eigenvalue weighted by Crippen LogP contribution is -2.28. The van der Waals surface area contributed by atoms with E-state index in [-0.39, 0.29) is 0 Å². The van der Waals surface area contributed by atoms with Crippen LogP contribution in [0.2, 0.25) is 0 Å². The number of hydrogen-bond acceptors (Lipinski definition) is 3. The molecule has 0 unspecified atom stereocenters. The maximum absolute atomic E-state index is 5.11. The first-order chi connectivity index (χ1) is 30.8. The first-order valence-corrected chi connectivity index (χ1v) is 21.1. The Bertz CT molecular complexity index is 3340. The highest BCUT2D eigenvalue weighted by molar-refractivity contribution is 6.12. The van der Waals surface area contributed by atoms with Crippen LogP contribution in [0, 0.1) is 0 Å². The molecule has 62 heavy (non-hydrogen) atoms. The molecule has 0 atom stereocenters. The molecule has 0 bridgehead atoms. The highest BCUT2D eigenvalue weighted by atomic mass is 15.0. The van der Waals surface area contributed by atoms with E-state index in [9.17, 15) is 0 Å². The number of nitrogens with zero attached hydrogens (tertiary/aromatic N) is 4. The van der Waals surface area contributed by atoms with Crippen molar-refractivity contribution in [2.24, 2.45) is 0 Å². The molecule has 11 aromatic rings. The van der Waals surface area contributed by atoms with Gasteiger partial charge in [0, 0.05) is 33.2 Å². The van der Waals surface area contributed by atoms with Gasteiger partial charge in [0.05, 0.1) is 16.4 Å². The van der Waals surface area contributed by atoms with Crippen molar-refractivity contribution in [1.82, 2.24) is 19.5 Å². The normalized spacial score (nSPS) is 12.6. The molecule has 0 amide bonds. The zero-order valence-corrected chi connectivity index (χ0v) is 33.7. The Morgan fingerprint density at radius 3 is 1.34 bits per heavy atom. The zero-order valence-electron chi connectivity index (χ0n) is 33.7. The molecule has 2 heterocycles. The van der Waals surface area contributed by atoms with Crippen LogP contribution in [0.25, 0.3) is 83.9 Å². The van der Waals surface area contributed by atoms with Crippen LogP contribution in [0.1, 0.15) is 22.3 Å². The molecule has 1 aliphatic rings. The topological polar surface area (TPSA) is 43.6 Å². The summed E-state index contributed by atoms with van der Waals surface area (Å²) in [7, 11) is 0. The van der Waals surface area contributed by atoms with E-state index >= 15 is 0 Å². The van der Waals surface area contributed by atoms with Gasteiger partial charge in [-0.2, -0.15) is 0 Å². The second-order valence-corrected chi connectivity index (χ2v) is 15.9. The third-order valence-corrected chi connectivity index (χ3v) is 12.5. The molecule has 0 spiro atoms. The molecular weight excluding hydrogens is 753 g/mol. The Labute approximate surface area is 360 Å². The van der Waals surface area contributed by atoms with Crippen LogP contribution in [-0.4, -0.2) is 19.5 Å². The molecule has 0 N–H and O–H groups in total. The van der Waals surface area contributed by atoms with Gasteiger partial charge in [-0.15, -0.1) is 0 Å². The monoisotopic (exact) mass is 790 g/mol. The van der Waals surface area contributed by atoms with Crippen molar-refractivity contribution in [3.8, 4) is 62.1 Å². The van der Waals surface area contributed by atoms with Gasteiger partial charge in [-0.25, -0.2) is 15.0 Å². The molecular formula is C58H38N4. The maximum atomic E-state index is 5.11. The van der Waals surface area contributed by atoms with Crippen LogP contribution in [0.15, 0.2) is 231 Å². The molecule has 1 aliphatic carbocycles. The Kier molecular flexibility index (Phi) is 8.36. The molecule has 4 heteroatoms. The van der Waals surface area contributed by atoms with Crippen molar-refractivity contribution in [3.63, 3.8) is 0 Å². The van der Waals surface area contributed by atoms with Crippen molar-refractivity contribution in [2.45, 2.75) is 5.41 Å². The molecule has 0 aliphatic heterocycles. The molecule has 0 saturated carbocycles. The molecule has 0 fully saturated rings. The SMILES string of the molecule is c1ccc(-c2nc(-c3ccccc3)nc(-c3ccc4c(c3)c3cc(-c5cccc6c5-c5ccccc5C6(c5ccccc5)c5ccccc5)ccc3n4-c3ccccc3)n2)cc1. The van der Waals surface area contributed by atoms with E-state index in [1.165, 1.54) is 38.9 Å². The van der Waals surface area contributed by atoms with Gasteiger partial charge < -0.3 is 4.57 Å². The van der Waals surface area contributed by atoms with Gasteiger partial charge in [0.1, 0.15) is 0 Å². The fourth-order valence-electron chi connectivity index (χ4n) is 9.86. The molecule has 4 nitrogen and oxygen atoms in total. The van der Waals surface area contributed by atoms with E-state index in [2.05, 4.69) is 199 Å². The molecule has 2 aromatic heterocycles. The van der Waals surface area contributed by atoms with E-state index in [0.29, 0.717) is 17.5 Å². The lowest BCUT2D eigenvalue weighted by molar-refractivity contribution is 0.768. The quantitative estimate of drug-likeness (QED) is 0.161. The smallest absolute Gasteiger partial charge is 0.164 e. The van der Waals surface area contributed by atoms with Crippen LogP contribution < -0.4 is 0 Å². The van der Waals surface area contributed by atoms with Gasteiger partial charge >= 0.3 is 0 Å². The lowest BCUT2D eigenvalue weighted by atomic mass is 9.67. The minimum Gasteiger partial charge on any atom is -0.309 e. The lowest BCUT2D eigenvalue weighted by Gasteiger charge is -2.34. The van der Waals surface area contributed by atoms with Crippen LogP contribution in [-0.2, 0) is 5.41 Å². The van der Waals surface area contributed by atoms with Crippen molar-refractivity contribution in [1.29, 1.82) is 0 Å². The number of rotatable bonds is 7. The zero-order chi connectivity index (χ0) is 41.0. The predicted molar refractivity (Wildman–Crippen MR) is 253 cm³/mol. The summed E-state index contributed by atoms with van der Waals surface area (Å²) in [6, 6.07) is 82.4. The summed E-state index contributed by atoms with van der Waals surface area (Å²) < 4.78 is 2.37. The second kappa shape index (κ2) is 14.5. The van der Waals surface area contributed by atoms with Crippen LogP contribution in [0.3, 0.4) is 0 Å². The molecule has 290 valence electrons. The van der Waals surface area contributed by atoms with E-state index in [0.717, 1.165) is 49.7 Å². The summed E-state index contributed by atoms with van der Waals surface area (Å²) in [5.74, 6) is 1.92. The van der Waals surface area contributed by atoms with Gasteiger partial charge in [0.15, 0.2) is 17.5 Å². The van der Waals surface area contributed by atoms with Crippen molar-refractivity contribution >= 4 is 21.8 Å². The Hall–Kier alpha value is -8.21. The number of fused-ring (bicyclic) bond motifs is 6. The van der Waals surface area contributed by atoms with Gasteiger partial charge in [0.2, 0.25) is 0 Å². The number of para-hydroxylation sites is 1. The summed E-state index contributed by atoms with van der Waals surface area (Å²) in [6.07, 6.45) is 0. The van der Waals surface area contributed by atoms with E-state index in [1.807, 2.05) is 36.4 Å². The second-order valence-electron chi connectivity index (χ2n) is 15.9. The molecule has 12 rings (SSSR count). The van der Waals surface area contributed by atoms with Gasteiger partial charge in [-0.3, -0.25) is 0 Å². The highest BCUT2D eigenvalue weighted by Gasteiger charge is 2.46. The molecule has 0 radical (unpaired) electrons. The number of benzene rings is 9. The van der Waals surface area contributed by atoms with Crippen LogP contribution in [0.5, 0.6) is 0 Å². The molecule has 9 aromatic carbocycles. The van der Waals surface area contributed by atoms with Gasteiger partial charge in [0.25, 0.3) is 0 Å². The largest absolute Gasteiger partial charge is 0.309 e. The Morgan fingerprint density at radius 2 is 0.758 bits per heavy atom. The standard InChI is InChI=1S/C58H38N4/c1-6-19-39(20-7-1)55-59-56(40-21-8-2-9-22-40)61-57(60-55)42-34-36-53-49(38-42)48-37-41(33-35-52(48)62(53)45-27-14-5-15-28-45)46-30-18-32-51-54(46)47-29-16-17-31-50(47)58(51,43-23-10-3-11-24-43)44-25-12-4-13-26-44/h1-38H. The van der Waals surface area contributed by atoms with Gasteiger partial charge in [-0.05, 0) is 87.0 Å². The fourth-order valence-corrected chi connectivity index (χ4v) is 9.86. The summed E-state index contributed by atoms with van der Waals surface area (Å²) in [4.78, 5) is 15.2.